The lowest BCUT2D eigenvalue weighted by atomic mass is 9.90. The summed E-state index contributed by atoms with van der Waals surface area (Å²) in [4.78, 5) is 2.42. The minimum Gasteiger partial charge on any atom is -0.382 e. The highest BCUT2D eigenvalue weighted by atomic mass is 79.9. The lowest BCUT2D eigenvalue weighted by Crippen LogP contribution is -2.37. The molecule has 0 aliphatic carbocycles. The summed E-state index contributed by atoms with van der Waals surface area (Å²) < 4.78 is 1.14. The maximum Gasteiger partial charge on any atom is 0.0353 e. The second-order valence-corrected chi connectivity index (χ2v) is 6.00. The fourth-order valence-electron chi connectivity index (χ4n) is 2.49. The highest BCUT2D eigenvalue weighted by Crippen LogP contribution is 2.23. The van der Waals surface area contributed by atoms with E-state index in [4.69, 9.17) is 0 Å². The van der Waals surface area contributed by atoms with Gasteiger partial charge in [0.1, 0.15) is 0 Å². The van der Waals surface area contributed by atoms with Crippen molar-refractivity contribution in [2.45, 2.75) is 25.8 Å². The van der Waals surface area contributed by atoms with Gasteiger partial charge in [-0.1, -0.05) is 22.0 Å². The summed E-state index contributed by atoms with van der Waals surface area (Å²) in [6, 6.07) is 8.97. The number of likely N-dealkylation sites (tertiary alicyclic amines) is 1. The molecule has 1 saturated heterocycles. The predicted octanol–water partition coefficient (Wildman–Crippen LogP) is 3.59. The van der Waals surface area contributed by atoms with Gasteiger partial charge in [-0.2, -0.15) is 0 Å². The Morgan fingerprint density at radius 3 is 2.71 bits per heavy atom. The minimum absolute atomic E-state index is 0.554. The highest BCUT2D eigenvalue weighted by molar-refractivity contribution is 9.10. The van der Waals surface area contributed by atoms with E-state index in [-0.39, 0.29) is 0 Å². The molecule has 1 fully saturated rings. The Balaban J connectivity index is 1.90. The molecule has 17 heavy (non-hydrogen) atoms. The summed E-state index contributed by atoms with van der Waals surface area (Å²) in [5.41, 5.74) is 1.21. The van der Waals surface area contributed by atoms with Crippen LogP contribution in [0.2, 0.25) is 0 Å². The Labute approximate surface area is 113 Å². The standard InChI is InChI=1S/C14H21BrN2/c1-11(12-6-8-17(2)9-7-12)16-14-5-3-4-13(15)10-14/h3-5,10-12,16H,6-9H2,1-2H3. The van der Waals surface area contributed by atoms with Crippen molar-refractivity contribution < 1.29 is 0 Å². The third kappa shape index (κ3) is 3.71. The normalized spacial score (nSPS) is 20.2. The van der Waals surface area contributed by atoms with Crippen molar-refractivity contribution in [3.8, 4) is 0 Å². The molecule has 1 aliphatic rings. The first-order chi connectivity index (χ1) is 8.15. The molecule has 1 aromatic rings. The van der Waals surface area contributed by atoms with Gasteiger partial charge in [0.15, 0.2) is 0 Å². The molecule has 1 aliphatic heterocycles. The Kier molecular flexibility index (Phi) is 4.46. The zero-order valence-electron chi connectivity index (χ0n) is 10.6. The molecule has 0 bridgehead atoms. The average molecular weight is 297 g/mol. The van der Waals surface area contributed by atoms with Gasteiger partial charge in [0.25, 0.3) is 0 Å². The Hall–Kier alpha value is -0.540. The molecular weight excluding hydrogens is 276 g/mol. The van der Waals surface area contributed by atoms with Gasteiger partial charge < -0.3 is 10.2 Å². The predicted molar refractivity (Wildman–Crippen MR) is 77.4 cm³/mol. The number of nitrogens with zero attached hydrogens (tertiary/aromatic N) is 1. The monoisotopic (exact) mass is 296 g/mol. The molecule has 0 aromatic heterocycles. The van der Waals surface area contributed by atoms with Crippen LogP contribution in [0, 0.1) is 5.92 Å². The van der Waals surface area contributed by atoms with Crippen LogP contribution in [0.5, 0.6) is 0 Å². The van der Waals surface area contributed by atoms with E-state index in [0.29, 0.717) is 6.04 Å². The number of halogens is 1. The van der Waals surface area contributed by atoms with Crippen molar-refractivity contribution in [3.63, 3.8) is 0 Å². The second-order valence-electron chi connectivity index (χ2n) is 5.08. The first kappa shape index (κ1) is 12.9. The number of nitrogens with one attached hydrogen (secondary N) is 1. The van der Waals surface area contributed by atoms with Crippen molar-refractivity contribution in [1.29, 1.82) is 0 Å². The first-order valence-electron chi connectivity index (χ1n) is 6.36. The van der Waals surface area contributed by atoms with Crippen LogP contribution in [-0.2, 0) is 0 Å². The number of benzene rings is 1. The van der Waals surface area contributed by atoms with Crippen molar-refractivity contribution in [2.75, 3.05) is 25.5 Å². The number of piperidine rings is 1. The Bertz CT molecular complexity index is 359. The summed E-state index contributed by atoms with van der Waals surface area (Å²) in [6.07, 6.45) is 2.61. The van der Waals surface area contributed by atoms with Gasteiger partial charge in [0.05, 0.1) is 0 Å². The van der Waals surface area contributed by atoms with Gasteiger partial charge in [-0.3, -0.25) is 0 Å². The molecule has 3 heteroatoms. The van der Waals surface area contributed by atoms with E-state index in [1.165, 1.54) is 31.6 Å². The molecule has 0 radical (unpaired) electrons. The Morgan fingerprint density at radius 2 is 2.06 bits per heavy atom. The molecule has 1 N–H and O–H groups in total. The molecule has 0 saturated carbocycles. The molecular formula is C14H21BrN2. The maximum absolute atomic E-state index is 3.62. The van der Waals surface area contributed by atoms with Crippen molar-refractivity contribution in [3.05, 3.63) is 28.7 Å². The summed E-state index contributed by atoms with van der Waals surface area (Å²) >= 11 is 3.51. The Morgan fingerprint density at radius 1 is 1.35 bits per heavy atom. The quantitative estimate of drug-likeness (QED) is 0.917. The first-order valence-corrected chi connectivity index (χ1v) is 7.15. The second kappa shape index (κ2) is 5.87. The van der Waals surface area contributed by atoms with Crippen molar-refractivity contribution in [2.24, 2.45) is 5.92 Å². The number of anilines is 1. The van der Waals surface area contributed by atoms with E-state index in [2.05, 4.69) is 64.4 Å². The third-order valence-electron chi connectivity index (χ3n) is 3.69. The van der Waals surface area contributed by atoms with E-state index in [0.717, 1.165) is 10.4 Å². The zero-order valence-corrected chi connectivity index (χ0v) is 12.2. The molecule has 1 unspecified atom stereocenters. The third-order valence-corrected chi connectivity index (χ3v) is 4.18. The van der Waals surface area contributed by atoms with E-state index in [9.17, 15) is 0 Å². The molecule has 1 atom stereocenters. The molecule has 1 heterocycles. The SMILES string of the molecule is CC(Nc1cccc(Br)c1)C1CCN(C)CC1. The summed E-state index contributed by atoms with van der Waals surface area (Å²) in [7, 11) is 2.21. The molecule has 0 amide bonds. The molecule has 1 aromatic carbocycles. The summed E-state index contributed by atoms with van der Waals surface area (Å²) in [5, 5.41) is 3.62. The van der Waals surface area contributed by atoms with Crippen LogP contribution >= 0.6 is 15.9 Å². The van der Waals surface area contributed by atoms with E-state index in [1.54, 1.807) is 0 Å². The van der Waals surface area contributed by atoms with Gasteiger partial charge in [0.2, 0.25) is 0 Å². The zero-order chi connectivity index (χ0) is 12.3. The number of hydrogen-bond acceptors (Lipinski definition) is 2. The molecule has 0 spiro atoms. The molecule has 2 rings (SSSR count). The van der Waals surface area contributed by atoms with Gasteiger partial charge in [-0.05, 0) is 64.0 Å². The van der Waals surface area contributed by atoms with E-state index < -0.39 is 0 Å². The van der Waals surface area contributed by atoms with Crippen LogP contribution < -0.4 is 5.32 Å². The van der Waals surface area contributed by atoms with Crippen LogP contribution in [-0.4, -0.2) is 31.1 Å². The molecule has 2 nitrogen and oxygen atoms in total. The van der Waals surface area contributed by atoms with Crippen LogP contribution in [0.3, 0.4) is 0 Å². The average Bonchev–Trinajstić information content (AvgIpc) is 2.29. The molecule has 94 valence electrons. The van der Waals surface area contributed by atoms with Crippen LogP contribution in [0.25, 0.3) is 0 Å². The van der Waals surface area contributed by atoms with Crippen LogP contribution in [0.15, 0.2) is 28.7 Å². The van der Waals surface area contributed by atoms with Crippen LogP contribution in [0.4, 0.5) is 5.69 Å². The topological polar surface area (TPSA) is 15.3 Å². The van der Waals surface area contributed by atoms with Gasteiger partial charge in [-0.25, -0.2) is 0 Å². The van der Waals surface area contributed by atoms with Gasteiger partial charge >= 0.3 is 0 Å². The van der Waals surface area contributed by atoms with Gasteiger partial charge in [-0.15, -0.1) is 0 Å². The lowest BCUT2D eigenvalue weighted by molar-refractivity contribution is 0.208. The fourth-order valence-corrected chi connectivity index (χ4v) is 2.89. The highest BCUT2D eigenvalue weighted by Gasteiger charge is 2.21. The van der Waals surface area contributed by atoms with Crippen molar-refractivity contribution in [1.82, 2.24) is 4.90 Å². The maximum atomic E-state index is 3.62. The number of rotatable bonds is 3. The summed E-state index contributed by atoms with van der Waals surface area (Å²) in [6.45, 7) is 4.77. The van der Waals surface area contributed by atoms with E-state index >= 15 is 0 Å². The fraction of sp³-hybridized carbons (Fsp3) is 0.571. The van der Waals surface area contributed by atoms with Crippen LogP contribution in [0.1, 0.15) is 19.8 Å². The smallest absolute Gasteiger partial charge is 0.0353 e. The van der Waals surface area contributed by atoms with E-state index in [1.807, 2.05) is 0 Å². The van der Waals surface area contributed by atoms with Gasteiger partial charge in [0, 0.05) is 16.2 Å². The lowest BCUT2D eigenvalue weighted by Gasteiger charge is -2.33. The summed E-state index contributed by atoms with van der Waals surface area (Å²) in [5.74, 6) is 0.796. The largest absolute Gasteiger partial charge is 0.382 e. The number of hydrogen-bond donors (Lipinski definition) is 1. The minimum atomic E-state index is 0.554. The van der Waals surface area contributed by atoms with Crippen molar-refractivity contribution >= 4 is 21.6 Å².